The minimum atomic E-state index is -3.61. The molecule has 0 radical (unpaired) electrons. The number of hydrogen-bond donors (Lipinski definition) is 2. The molecule has 5 nitrogen and oxygen atoms in total. The zero-order valence-corrected chi connectivity index (χ0v) is 16.1. The van der Waals surface area contributed by atoms with E-state index in [9.17, 15) is 13.2 Å². The van der Waals surface area contributed by atoms with E-state index in [0.717, 1.165) is 22.3 Å². The van der Waals surface area contributed by atoms with Gasteiger partial charge in [0.25, 0.3) is 0 Å². The lowest BCUT2D eigenvalue weighted by Crippen LogP contribution is -2.25. The lowest BCUT2D eigenvalue weighted by Gasteiger charge is -2.11. The molecule has 0 atom stereocenters. The largest absolute Gasteiger partial charge is 0.326 e. The molecular weight excluding hydrogens is 348 g/mol. The molecule has 0 saturated carbocycles. The number of anilines is 1. The Balaban J connectivity index is 2.06. The minimum absolute atomic E-state index is 0.0164. The average Bonchev–Trinajstić information content (AvgIpc) is 2.51. The highest BCUT2D eigenvalue weighted by Crippen LogP contribution is 2.21. The molecule has 0 aliphatic heterocycles. The molecule has 0 bridgehead atoms. The highest BCUT2D eigenvalue weighted by molar-refractivity contribution is 7.89. The van der Waals surface area contributed by atoms with Crippen molar-refractivity contribution in [3.05, 3.63) is 58.7 Å². The highest BCUT2D eigenvalue weighted by atomic mass is 32.2. The van der Waals surface area contributed by atoms with Crippen molar-refractivity contribution in [2.45, 2.75) is 32.6 Å². The molecule has 136 valence electrons. The van der Waals surface area contributed by atoms with Crippen molar-refractivity contribution >= 4 is 21.6 Å². The third-order valence-electron chi connectivity index (χ3n) is 3.66. The summed E-state index contributed by atoms with van der Waals surface area (Å²) >= 11 is 0. The molecule has 0 spiro atoms. The number of carbonyl (C=O) groups excluding carboxylic acids is 1. The van der Waals surface area contributed by atoms with Gasteiger partial charge in [0, 0.05) is 18.2 Å². The molecule has 2 aromatic carbocycles. The van der Waals surface area contributed by atoms with Gasteiger partial charge in [0.2, 0.25) is 15.9 Å². The summed E-state index contributed by atoms with van der Waals surface area (Å²) in [5.41, 5.74) is 3.89. The summed E-state index contributed by atoms with van der Waals surface area (Å²) in [5, 5.41) is 2.67. The molecule has 0 fully saturated rings. The smallest absolute Gasteiger partial charge is 0.241 e. The summed E-state index contributed by atoms with van der Waals surface area (Å²) in [6.45, 7) is 6.97. The van der Waals surface area contributed by atoms with Gasteiger partial charge in [0.05, 0.1) is 11.4 Å². The van der Waals surface area contributed by atoms with Crippen LogP contribution in [-0.2, 0) is 14.8 Å². The third kappa shape index (κ3) is 5.19. The lowest BCUT2D eigenvalue weighted by atomic mass is 10.1. The van der Waals surface area contributed by atoms with Gasteiger partial charge in [0.15, 0.2) is 0 Å². The summed E-state index contributed by atoms with van der Waals surface area (Å²) in [6, 6.07) is 10.7. The van der Waals surface area contributed by atoms with Gasteiger partial charge in [-0.1, -0.05) is 29.5 Å². The first-order valence-corrected chi connectivity index (χ1v) is 9.61. The van der Waals surface area contributed by atoms with Crippen LogP contribution in [0.15, 0.2) is 41.3 Å². The fourth-order valence-electron chi connectivity index (χ4n) is 2.78. The van der Waals surface area contributed by atoms with Crippen molar-refractivity contribution in [3.8, 4) is 11.8 Å². The quantitative estimate of drug-likeness (QED) is 0.813. The van der Waals surface area contributed by atoms with Crippen LogP contribution in [0.2, 0.25) is 0 Å². The summed E-state index contributed by atoms with van der Waals surface area (Å²) in [6.07, 6.45) is 0. The van der Waals surface area contributed by atoms with Gasteiger partial charge in [-0.05, 0) is 56.2 Å². The number of amides is 1. The first kappa shape index (κ1) is 19.7. The Bertz CT molecular complexity index is 959. The van der Waals surface area contributed by atoms with Crippen LogP contribution in [0.1, 0.15) is 29.2 Å². The van der Waals surface area contributed by atoms with Gasteiger partial charge in [-0.3, -0.25) is 4.79 Å². The number of hydrogen-bond acceptors (Lipinski definition) is 3. The van der Waals surface area contributed by atoms with Crippen LogP contribution >= 0.6 is 0 Å². The molecule has 0 heterocycles. The summed E-state index contributed by atoms with van der Waals surface area (Å²) in [4.78, 5) is 11.3. The normalized spacial score (nSPS) is 10.8. The Morgan fingerprint density at radius 1 is 1.04 bits per heavy atom. The zero-order chi connectivity index (χ0) is 19.3. The van der Waals surface area contributed by atoms with E-state index in [1.807, 2.05) is 19.1 Å². The minimum Gasteiger partial charge on any atom is -0.326 e. The van der Waals surface area contributed by atoms with Gasteiger partial charge in [-0.2, -0.15) is 4.72 Å². The van der Waals surface area contributed by atoms with E-state index in [1.165, 1.54) is 6.92 Å². The van der Waals surface area contributed by atoms with E-state index in [0.29, 0.717) is 10.6 Å². The second-order valence-corrected chi connectivity index (χ2v) is 7.82. The van der Waals surface area contributed by atoms with Crippen LogP contribution in [0, 0.1) is 32.6 Å². The zero-order valence-electron chi connectivity index (χ0n) is 15.3. The van der Waals surface area contributed by atoms with Gasteiger partial charge in [-0.15, -0.1) is 0 Å². The predicted octanol–water partition coefficient (Wildman–Crippen LogP) is 2.90. The highest BCUT2D eigenvalue weighted by Gasteiger charge is 2.18. The molecule has 2 rings (SSSR count). The Labute approximate surface area is 154 Å². The molecule has 0 aliphatic rings. The van der Waals surface area contributed by atoms with Crippen LogP contribution in [-0.4, -0.2) is 20.9 Å². The van der Waals surface area contributed by atoms with Crippen LogP contribution in [0.5, 0.6) is 0 Å². The van der Waals surface area contributed by atoms with Crippen LogP contribution in [0.4, 0.5) is 5.69 Å². The number of nitrogens with one attached hydrogen (secondary N) is 2. The monoisotopic (exact) mass is 370 g/mol. The Morgan fingerprint density at radius 3 is 2.15 bits per heavy atom. The van der Waals surface area contributed by atoms with E-state index in [1.54, 1.807) is 38.1 Å². The van der Waals surface area contributed by atoms with Gasteiger partial charge < -0.3 is 5.32 Å². The molecule has 0 aromatic heterocycles. The number of rotatable bonds is 4. The van der Waals surface area contributed by atoms with Gasteiger partial charge in [0.1, 0.15) is 0 Å². The van der Waals surface area contributed by atoms with Crippen LogP contribution in [0.3, 0.4) is 0 Å². The molecule has 2 N–H and O–H groups in total. The maximum Gasteiger partial charge on any atom is 0.241 e. The molecular formula is C20H22N2O3S. The van der Waals surface area contributed by atoms with E-state index >= 15 is 0 Å². The fourth-order valence-corrected chi connectivity index (χ4v) is 4.15. The summed E-state index contributed by atoms with van der Waals surface area (Å²) in [5.74, 6) is 5.57. The number of benzene rings is 2. The topological polar surface area (TPSA) is 75.3 Å². The van der Waals surface area contributed by atoms with Crippen molar-refractivity contribution in [2.75, 3.05) is 11.9 Å². The Hall–Kier alpha value is -2.62. The van der Waals surface area contributed by atoms with E-state index in [2.05, 4.69) is 21.9 Å². The maximum atomic E-state index is 12.5. The average molecular weight is 370 g/mol. The Kier molecular flexibility index (Phi) is 6.19. The van der Waals surface area contributed by atoms with Crippen molar-refractivity contribution in [2.24, 2.45) is 0 Å². The lowest BCUT2D eigenvalue weighted by molar-refractivity contribution is -0.114. The molecule has 0 unspecified atom stereocenters. The van der Waals surface area contributed by atoms with Gasteiger partial charge in [-0.25, -0.2) is 8.42 Å². The Morgan fingerprint density at radius 2 is 1.62 bits per heavy atom. The molecule has 0 saturated heterocycles. The standard InChI is InChI=1S/C20H22N2O3S/c1-14-12-15(2)20(16(3)13-14)26(24,25)21-11-5-6-18-7-9-19(10-8-18)22-17(4)23/h7-10,12-13,21H,11H2,1-4H3,(H,22,23). The molecule has 0 aliphatic carbocycles. The molecule has 6 heteroatoms. The van der Waals surface area contributed by atoms with Crippen molar-refractivity contribution in [3.63, 3.8) is 0 Å². The second-order valence-electron chi connectivity index (χ2n) is 6.11. The third-order valence-corrected chi connectivity index (χ3v) is 5.37. The van der Waals surface area contributed by atoms with E-state index < -0.39 is 10.0 Å². The number of carbonyl (C=O) groups is 1. The van der Waals surface area contributed by atoms with Crippen molar-refractivity contribution in [1.82, 2.24) is 4.72 Å². The SMILES string of the molecule is CC(=O)Nc1ccc(C#CCNS(=O)(=O)c2c(C)cc(C)cc2C)cc1. The number of sulfonamides is 1. The molecule has 26 heavy (non-hydrogen) atoms. The fraction of sp³-hybridized carbons (Fsp3) is 0.250. The molecule has 2 aromatic rings. The predicted molar refractivity (Wildman–Crippen MR) is 103 cm³/mol. The summed E-state index contributed by atoms with van der Waals surface area (Å²) < 4.78 is 27.6. The van der Waals surface area contributed by atoms with Crippen molar-refractivity contribution < 1.29 is 13.2 Å². The number of aryl methyl sites for hydroxylation is 3. The van der Waals surface area contributed by atoms with Crippen LogP contribution < -0.4 is 10.0 Å². The second kappa shape index (κ2) is 8.17. The first-order chi connectivity index (χ1) is 12.2. The van der Waals surface area contributed by atoms with Crippen LogP contribution in [0.25, 0.3) is 0 Å². The van der Waals surface area contributed by atoms with Gasteiger partial charge >= 0.3 is 0 Å². The maximum absolute atomic E-state index is 12.5. The first-order valence-electron chi connectivity index (χ1n) is 8.13. The van der Waals surface area contributed by atoms with Crippen molar-refractivity contribution in [1.29, 1.82) is 0 Å². The summed E-state index contributed by atoms with van der Waals surface area (Å²) in [7, 11) is -3.61. The molecule has 1 amide bonds. The van der Waals surface area contributed by atoms with E-state index in [-0.39, 0.29) is 12.5 Å². The van der Waals surface area contributed by atoms with E-state index in [4.69, 9.17) is 0 Å².